The van der Waals surface area contributed by atoms with Crippen molar-refractivity contribution in [2.45, 2.75) is 0 Å². The zero-order chi connectivity index (χ0) is 12.5. The average Bonchev–Trinajstić information content (AvgIpc) is 2.74. The zero-order valence-corrected chi connectivity index (χ0v) is 10.4. The van der Waals surface area contributed by atoms with Gasteiger partial charge in [0.15, 0.2) is 0 Å². The van der Waals surface area contributed by atoms with E-state index in [1.54, 1.807) is 6.33 Å². The number of imidazole rings is 1. The van der Waals surface area contributed by atoms with Gasteiger partial charge in [0.1, 0.15) is 11.6 Å². The van der Waals surface area contributed by atoms with Gasteiger partial charge in [0.25, 0.3) is 0 Å². The fourth-order valence-electron chi connectivity index (χ4n) is 1.74. The topological polar surface area (TPSA) is 55.6 Å². The highest BCUT2D eigenvalue weighted by molar-refractivity contribution is 6.28. The molecule has 0 amide bonds. The summed E-state index contributed by atoms with van der Waals surface area (Å²) >= 11 is 5.91. The van der Waals surface area contributed by atoms with Crippen LogP contribution in [0.2, 0.25) is 5.28 Å². The van der Waals surface area contributed by atoms with Crippen LogP contribution in [0, 0.1) is 0 Å². The minimum Gasteiger partial charge on any atom is -0.338 e. The second-order valence-corrected chi connectivity index (χ2v) is 4.25. The molecular formula is C12H10ClN5. The summed E-state index contributed by atoms with van der Waals surface area (Å²) in [6, 6.07) is 7.68. The van der Waals surface area contributed by atoms with Crippen molar-refractivity contribution in [1.82, 2.24) is 19.5 Å². The maximum Gasteiger partial charge on any atom is 0.224 e. The Morgan fingerprint density at radius 2 is 2.06 bits per heavy atom. The van der Waals surface area contributed by atoms with Crippen molar-refractivity contribution < 1.29 is 0 Å². The van der Waals surface area contributed by atoms with E-state index in [9.17, 15) is 0 Å². The zero-order valence-electron chi connectivity index (χ0n) is 9.63. The van der Waals surface area contributed by atoms with Crippen LogP contribution in [-0.4, -0.2) is 19.5 Å². The third-order valence-electron chi connectivity index (χ3n) is 2.53. The number of hydrogen-bond acceptors (Lipinski definition) is 4. The van der Waals surface area contributed by atoms with Crippen molar-refractivity contribution >= 4 is 34.1 Å². The fraction of sp³-hybridized carbons (Fsp3) is 0.0833. The average molecular weight is 260 g/mol. The van der Waals surface area contributed by atoms with Crippen LogP contribution in [-0.2, 0) is 7.05 Å². The van der Waals surface area contributed by atoms with Gasteiger partial charge in [-0.3, -0.25) is 0 Å². The quantitative estimate of drug-likeness (QED) is 0.719. The molecule has 3 aromatic rings. The van der Waals surface area contributed by atoms with Gasteiger partial charge >= 0.3 is 0 Å². The lowest BCUT2D eigenvalue weighted by molar-refractivity contribution is 0.913. The minimum atomic E-state index is 0.215. The second kappa shape index (κ2) is 4.27. The number of hydrogen-bond donors (Lipinski definition) is 1. The number of anilines is 2. The first kappa shape index (κ1) is 11.0. The Hall–Kier alpha value is -2.14. The molecule has 0 fully saturated rings. The standard InChI is InChI=1S/C12H10ClN5/c1-18-6-10(14-7-18)16-11-8-4-2-3-5-9(8)15-12(13)17-11/h2-7H,1H3,(H,15,16,17). The molecule has 2 aromatic heterocycles. The van der Waals surface area contributed by atoms with Gasteiger partial charge in [-0.25, -0.2) is 9.97 Å². The Kier molecular flexibility index (Phi) is 2.60. The molecule has 0 aliphatic carbocycles. The highest BCUT2D eigenvalue weighted by atomic mass is 35.5. The summed E-state index contributed by atoms with van der Waals surface area (Å²) in [7, 11) is 1.91. The molecule has 0 saturated carbocycles. The molecular weight excluding hydrogens is 250 g/mol. The molecule has 6 heteroatoms. The van der Waals surface area contributed by atoms with Crippen molar-refractivity contribution in [3.05, 3.63) is 42.1 Å². The third-order valence-corrected chi connectivity index (χ3v) is 2.70. The summed E-state index contributed by atoms with van der Waals surface area (Å²) in [6.45, 7) is 0. The van der Waals surface area contributed by atoms with E-state index < -0.39 is 0 Å². The number of halogens is 1. The number of benzene rings is 1. The lowest BCUT2D eigenvalue weighted by Gasteiger charge is -2.06. The van der Waals surface area contributed by atoms with Crippen LogP contribution >= 0.6 is 11.6 Å². The fourth-order valence-corrected chi connectivity index (χ4v) is 1.92. The van der Waals surface area contributed by atoms with Crippen molar-refractivity contribution in [3.8, 4) is 0 Å². The van der Waals surface area contributed by atoms with Gasteiger partial charge in [-0.05, 0) is 23.7 Å². The van der Waals surface area contributed by atoms with E-state index in [-0.39, 0.29) is 5.28 Å². The first-order valence-electron chi connectivity index (χ1n) is 5.39. The molecule has 2 heterocycles. The SMILES string of the molecule is Cn1cnc(Nc2nc(Cl)nc3ccccc23)c1. The van der Waals surface area contributed by atoms with Gasteiger partial charge in [0, 0.05) is 18.6 Å². The lowest BCUT2D eigenvalue weighted by Crippen LogP contribution is -1.97. The first-order chi connectivity index (χ1) is 8.72. The third kappa shape index (κ3) is 2.00. The molecule has 0 aliphatic rings. The Morgan fingerprint density at radius 1 is 1.22 bits per heavy atom. The highest BCUT2D eigenvalue weighted by Gasteiger charge is 2.07. The van der Waals surface area contributed by atoms with Crippen molar-refractivity contribution in [2.75, 3.05) is 5.32 Å². The predicted octanol–water partition coefficient (Wildman–Crippen LogP) is 2.76. The van der Waals surface area contributed by atoms with E-state index in [1.807, 2.05) is 42.1 Å². The lowest BCUT2D eigenvalue weighted by atomic mass is 10.2. The molecule has 5 nitrogen and oxygen atoms in total. The molecule has 3 rings (SSSR count). The molecule has 0 aliphatic heterocycles. The van der Waals surface area contributed by atoms with Gasteiger partial charge in [0.2, 0.25) is 5.28 Å². The van der Waals surface area contributed by atoms with Gasteiger partial charge in [-0.2, -0.15) is 4.98 Å². The molecule has 90 valence electrons. The van der Waals surface area contributed by atoms with Crippen LogP contribution in [0.25, 0.3) is 10.9 Å². The molecule has 0 radical (unpaired) electrons. The number of nitrogens with one attached hydrogen (secondary N) is 1. The van der Waals surface area contributed by atoms with Crippen LogP contribution in [0.15, 0.2) is 36.8 Å². The van der Waals surface area contributed by atoms with Gasteiger partial charge in [0.05, 0.1) is 11.8 Å². The molecule has 0 bridgehead atoms. The first-order valence-corrected chi connectivity index (χ1v) is 5.77. The van der Waals surface area contributed by atoms with E-state index in [1.165, 1.54) is 0 Å². The summed E-state index contributed by atoms with van der Waals surface area (Å²) in [5.41, 5.74) is 0.802. The summed E-state index contributed by atoms with van der Waals surface area (Å²) in [5, 5.41) is 4.27. The Bertz CT molecular complexity index is 707. The summed E-state index contributed by atoms with van der Waals surface area (Å²) in [5.74, 6) is 1.38. The number of para-hydroxylation sites is 1. The molecule has 0 spiro atoms. The van der Waals surface area contributed by atoms with Gasteiger partial charge < -0.3 is 9.88 Å². The van der Waals surface area contributed by atoms with Gasteiger partial charge in [-0.15, -0.1) is 0 Å². The van der Waals surface area contributed by atoms with Crippen LogP contribution in [0.3, 0.4) is 0 Å². The van der Waals surface area contributed by atoms with Crippen molar-refractivity contribution in [2.24, 2.45) is 7.05 Å². The molecule has 0 atom stereocenters. The van der Waals surface area contributed by atoms with E-state index in [0.29, 0.717) is 5.82 Å². The number of aromatic nitrogens is 4. The summed E-state index contributed by atoms with van der Waals surface area (Å²) in [4.78, 5) is 12.6. The molecule has 1 aromatic carbocycles. The normalized spacial score (nSPS) is 10.8. The molecule has 0 unspecified atom stereocenters. The van der Waals surface area contributed by atoms with E-state index in [0.717, 1.165) is 16.7 Å². The predicted molar refractivity (Wildman–Crippen MR) is 71.0 cm³/mol. The molecule has 0 saturated heterocycles. The van der Waals surface area contributed by atoms with Crippen LogP contribution < -0.4 is 5.32 Å². The van der Waals surface area contributed by atoms with E-state index in [2.05, 4.69) is 20.3 Å². The maximum atomic E-state index is 5.91. The van der Waals surface area contributed by atoms with Crippen molar-refractivity contribution in [1.29, 1.82) is 0 Å². The number of nitrogens with zero attached hydrogens (tertiary/aromatic N) is 4. The maximum absolute atomic E-state index is 5.91. The van der Waals surface area contributed by atoms with Crippen molar-refractivity contribution in [3.63, 3.8) is 0 Å². The molecule has 18 heavy (non-hydrogen) atoms. The summed E-state index contributed by atoms with van der Waals surface area (Å²) < 4.78 is 1.85. The van der Waals surface area contributed by atoms with Crippen LogP contribution in [0.1, 0.15) is 0 Å². The van der Waals surface area contributed by atoms with Crippen LogP contribution in [0.5, 0.6) is 0 Å². The largest absolute Gasteiger partial charge is 0.338 e. The van der Waals surface area contributed by atoms with E-state index in [4.69, 9.17) is 11.6 Å². The number of fused-ring (bicyclic) bond motifs is 1. The van der Waals surface area contributed by atoms with E-state index >= 15 is 0 Å². The Balaban J connectivity index is 2.10. The smallest absolute Gasteiger partial charge is 0.224 e. The van der Waals surface area contributed by atoms with Crippen LogP contribution in [0.4, 0.5) is 11.6 Å². The number of rotatable bonds is 2. The Labute approximate surface area is 108 Å². The second-order valence-electron chi connectivity index (χ2n) is 3.91. The van der Waals surface area contributed by atoms with Gasteiger partial charge in [-0.1, -0.05) is 12.1 Å². The minimum absolute atomic E-state index is 0.215. The highest BCUT2D eigenvalue weighted by Crippen LogP contribution is 2.24. The Morgan fingerprint density at radius 3 is 2.83 bits per heavy atom. The monoisotopic (exact) mass is 259 g/mol. The molecule has 1 N–H and O–H groups in total. The number of aryl methyl sites for hydroxylation is 1. The summed E-state index contributed by atoms with van der Waals surface area (Å²) in [6.07, 6.45) is 3.58.